The number of aliphatic carboxylic acids is 1. The lowest BCUT2D eigenvalue weighted by Gasteiger charge is -2.41. The monoisotopic (exact) mass is 401 g/mol. The quantitative estimate of drug-likeness (QED) is 0.779. The van der Waals surface area contributed by atoms with Crippen LogP contribution in [0.2, 0.25) is 0 Å². The van der Waals surface area contributed by atoms with Crippen LogP contribution in [-0.2, 0) is 4.79 Å². The highest BCUT2D eigenvalue weighted by molar-refractivity contribution is 7.13. The Morgan fingerprint density at radius 1 is 1.21 bits per heavy atom. The number of carboxylic acids is 1. The normalized spacial score (nSPS) is 23.5. The predicted octanol–water partition coefficient (Wildman–Crippen LogP) is 4.09. The highest BCUT2D eigenvalue weighted by Gasteiger charge is 2.36. The molecule has 8 heteroatoms. The smallest absolute Gasteiger partial charge is 0.308 e. The van der Waals surface area contributed by atoms with Crippen LogP contribution in [0.25, 0.3) is 0 Å². The Bertz CT molecular complexity index is 807. The highest BCUT2D eigenvalue weighted by Crippen LogP contribution is 2.37. The zero-order chi connectivity index (χ0) is 19.5. The van der Waals surface area contributed by atoms with Gasteiger partial charge in [0.2, 0.25) is 5.95 Å². The van der Waals surface area contributed by atoms with Gasteiger partial charge in [0.15, 0.2) is 5.13 Å². The van der Waals surface area contributed by atoms with E-state index in [1.165, 1.54) is 43.4 Å². The van der Waals surface area contributed by atoms with Crippen molar-refractivity contribution in [1.29, 1.82) is 0 Å². The molecule has 1 saturated carbocycles. The molecular weight excluding hydrogens is 374 g/mol. The Labute approximate surface area is 169 Å². The van der Waals surface area contributed by atoms with Crippen molar-refractivity contribution in [1.82, 2.24) is 15.0 Å². The summed E-state index contributed by atoms with van der Waals surface area (Å²) in [5.74, 6) is 1.26. The van der Waals surface area contributed by atoms with Gasteiger partial charge in [-0.1, -0.05) is 32.1 Å². The number of aromatic nitrogens is 3. The summed E-state index contributed by atoms with van der Waals surface area (Å²) in [5.41, 5.74) is 0.857. The maximum Gasteiger partial charge on any atom is 0.308 e. The number of aryl methyl sites for hydroxylation is 1. The summed E-state index contributed by atoms with van der Waals surface area (Å²) in [6.45, 7) is 3.25. The summed E-state index contributed by atoms with van der Waals surface area (Å²) in [6.07, 6.45) is 8.80. The molecule has 2 atom stereocenters. The van der Waals surface area contributed by atoms with Gasteiger partial charge in [-0.15, -0.1) is 11.3 Å². The maximum absolute atomic E-state index is 11.8. The number of nitrogens with zero attached hydrogens (tertiary/aromatic N) is 4. The molecule has 7 nitrogen and oxygen atoms in total. The van der Waals surface area contributed by atoms with E-state index in [4.69, 9.17) is 0 Å². The van der Waals surface area contributed by atoms with Crippen LogP contribution in [0.1, 0.15) is 44.2 Å². The molecule has 2 aliphatic rings. The van der Waals surface area contributed by atoms with Crippen LogP contribution < -0.4 is 10.2 Å². The van der Waals surface area contributed by atoms with Gasteiger partial charge in [0.25, 0.3) is 0 Å². The number of carbonyl (C=O) groups is 1. The predicted molar refractivity (Wildman–Crippen MR) is 110 cm³/mol. The van der Waals surface area contributed by atoms with E-state index in [-0.39, 0.29) is 5.92 Å². The van der Waals surface area contributed by atoms with Crippen LogP contribution in [0.15, 0.2) is 17.6 Å². The molecule has 150 valence electrons. The fourth-order valence-electron chi connectivity index (χ4n) is 4.58. The second-order valence-electron chi connectivity index (χ2n) is 7.99. The number of hydrogen-bond acceptors (Lipinski definition) is 7. The minimum Gasteiger partial charge on any atom is -0.481 e. The van der Waals surface area contributed by atoms with E-state index in [1.807, 2.05) is 18.4 Å². The fourth-order valence-corrected chi connectivity index (χ4v) is 5.12. The first-order chi connectivity index (χ1) is 13.6. The van der Waals surface area contributed by atoms with Crippen molar-refractivity contribution < 1.29 is 9.90 Å². The van der Waals surface area contributed by atoms with E-state index in [1.54, 1.807) is 6.20 Å². The maximum atomic E-state index is 11.8. The molecule has 3 heterocycles. The van der Waals surface area contributed by atoms with Crippen molar-refractivity contribution in [2.75, 3.05) is 23.3 Å². The van der Waals surface area contributed by atoms with Crippen LogP contribution >= 0.6 is 11.3 Å². The number of piperidine rings is 1. The largest absolute Gasteiger partial charge is 0.481 e. The Morgan fingerprint density at radius 2 is 2.04 bits per heavy atom. The standard InChI is InChI=1S/C20H27N5O2S/c1-13-9-17(24-20-21-7-8-28-20)23-19(22-13)25-11-15(10-16(12-25)18(26)27)14-5-3-2-4-6-14/h7-9,14-16H,2-6,10-12H2,1H3,(H,26,27)(H,21,22,23,24)/t15-,16+/m0/s1. The Hall–Kier alpha value is -2.22. The lowest BCUT2D eigenvalue weighted by atomic mass is 9.74. The Balaban J connectivity index is 1.57. The second kappa shape index (κ2) is 8.43. The first kappa shape index (κ1) is 19.1. The van der Waals surface area contributed by atoms with E-state index in [2.05, 4.69) is 25.2 Å². The molecule has 2 aromatic rings. The molecule has 1 saturated heterocycles. The van der Waals surface area contributed by atoms with Crippen LogP contribution in [0.3, 0.4) is 0 Å². The molecule has 28 heavy (non-hydrogen) atoms. The number of carboxylic acid groups (broad SMARTS) is 1. The minimum absolute atomic E-state index is 0.361. The van der Waals surface area contributed by atoms with Crippen LogP contribution in [0, 0.1) is 24.7 Å². The van der Waals surface area contributed by atoms with Crippen molar-refractivity contribution >= 4 is 34.2 Å². The molecule has 1 aliphatic carbocycles. The van der Waals surface area contributed by atoms with E-state index >= 15 is 0 Å². The summed E-state index contributed by atoms with van der Waals surface area (Å²) in [7, 11) is 0. The van der Waals surface area contributed by atoms with Gasteiger partial charge in [-0.3, -0.25) is 4.79 Å². The summed E-state index contributed by atoms with van der Waals surface area (Å²) in [5, 5.41) is 15.6. The Morgan fingerprint density at radius 3 is 2.75 bits per heavy atom. The summed E-state index contributed by atoms with van der Waals surface area (Å²) in [4.78, 5) is 27.5. The van der Waals surface area contributed by atoms with Gasteiger partial charge in [0.05, 0.1) is 5.92 Å². The first-order valence-electron chi connectivity index (χ1n) is 10.1. The molecule has 2 aromatic heterocycles. The number of nitrogens with one attached hydrogen (secondary N) is 1. The van der Waals surface area contributed by atoms with Crippen LogP contribution in [0.5, 0.6) is 0 Å². The zero-order valence-electron chi connectivity index (χ0n) is 16.2. The highest BCUT2D eigenvalue weighted by atomic mass is 32.1. The molecule has 1 aliphatic heterocycles. The molecule has 4 rings (SSSR count). The van der Waals surface area contributed by atoms with Crippen molar-refractivity contribution in [2.45, 2.75) is 45.4 Å². The summed E-state index contributed by atoms with van der Waals surface area (Å²) < 4.78 is 0. The molecule has 0 bridgehead atoms. The average Bonchev–Trinajstić information content (AvgIpc) is 3.21. The number of thiazole rings is 1. The number of hydrogen-bond donors (Lipinski definition) is 2. The van der Waals surface area contributed by atoms with Crippen molar-refractivity contribution in [2.24, 2.45) is 17.8 Å². The molecule has 0 aromatic carbocycles. The average molecular weight is 402 g/mol. The van der Waals surface area contributed by atoms with E-state index in [0.29, 0.717) is 30.1 Å². The fraction of sp³-hybridized carbons (Fsp3) is 0.600. The molecule has 0 unspecified atom stereocenters. The zero-order valence-corrected chi connectivity index (χ0v) is 17.0. The van der Waals surface area contributed by atoms with Gasteiger partial charge in [-0.2, -0.15) is 4.98 Å². The van der Waals surface area contributed by atoms with Gasteiger partial charge < -0.3 is 15.3 Å². The van der Waals surface area contributed by atoms with Gasteiger partial charge in [-0.25, -0.2) is 9.97 Å². The summed E-state index contributed by atoms with van der Waals surface area (Å²) in [6, 6.07) is 1.89. The molecule has 2 fully saturated rings. The van der Waals surface area contributed by atoms with E-state index in [9.17, 15) is 9.90 Å². The van der Waals surface area contributed by atoms with Crippen molar-refractivity contribution in [3.8, 4) is 0 Å². The number of anilines is 3. The van der Waals surface area contributed by atoms with E-state index < -0.39 is 5.97 Å². The van der Waals surface area contributed by atoms with Gasteiger partial charge in [0, 0.05) is 36.4 Å². The lowest BCUT2D eigenvalue weighted by Crippen LogP contribution is -2.46. The Kier molecular flexibility index (Phi) is 5.75. The SMILES string of the molecule is Cc1cc(Nc2nccs2)nc(N2C[C@H](C(=O)O)C[C@H](C3CCCCC3)C2)n1. The van der Waals surface area contributed by atoms with Gasteiger partial charge in [-0.05, 0) is 25.2 Å². The van der Waals surface area contributed by atoms with E-state index in [0.717, 1.165) is 23.8 Å². The van der Waals surface area contributed by atoms with Gasteiger partial charge in [0.1, 0.15) is 5.82 Å². The first-order valence-corrected chi connectivity index (χ1v) is 11.0. The number of rotatable bonds is 5. The second-order valence-corrected chi connectivity index (χ2v) is 8.89. The molecule has 0 spiro atoms. The topological polar surface area (TPSA) is 91.2 Å². The third-order valence-corrected chi connectivity index (χ3v) is 6.63. The molecule has 2 N–H and O–H groups in total. The van der Waals surface area contributed by atoms with Crippen LogP contribution in [-0.4, -0.2) is 39.1 Å². The lowest BCUT2D eigenvalue weighted by molar-refractivity contribution is -0.142. The molecule has 0 amide bonds. The molecular formula is C20H27N5O2S. The van der Waals surface area contributed by atoms with Crippen LogP contribution in [0.4, 0.5) is 16.9 Å². The van der Waals surface area contributed by atoms with Crippen molar-refractivity contribution in [3.63, 3.8) is 0 Å². The van der Waals surface area contributed by atoms with Gasteiger partial charge >= 0.3 is 5.97 Å². The van der Waals surface area contributed by atoms with Crippen molar-refractivity contribution in [3.05, 3.63) is 23.3 Å². The summed E-state index contributed by atoms with van der Waals surface area (Å²) >= 11 is 1.51. The minimum atomic E-state index is -0.709. The molecule has 0 radical (unpaired) electrons. The third-order valence-electron chi connectivity index (χ3n) is 5.94. The third kappa shape index (κ3) is 4.43.